The van der Waals surface area contributed by atoms with Crippen molar-refractivity contribution in [1.82, 2.24) is 0 Å². The van der Waals surface area contributed by atoms with E-state index in [0.29, 0.717) is 13.2 Å². The quantitative estimate of drug-likeness (QED) is 0.742. The fraction of sp³-hybridized carbons (Fsp3) is 0.571. The molecule has 1 aromatic carbocycles. The minimum absolute atomic E-state index is 0.502. The molecule has 0 fully saturated rings. The van der Waals surface area contributed by atoms with E-state index in [1.54, 1.807) is 6.92 Å². The summed E-state index contributed by atoms with van der Waals surface area (Å²) in [5.74, 6) is 0.775. The van der Waals surface area contributed by atoms with Crippen molar-refractivity contribution >= 4 is 0 Å². The molecule has 0 unspecified atom stereocenters. The maximum absolute atomic E-state index is 9.63. The highest BCUT2D eigenvalue weighted by atomic mass is 16.5. The van der Waals surface area contributed by atoms with Gasteiger partial charge in [-0.25, -0.2) is 0 Å². The maximum Gasteiger partial charge on any atom is 0.125 e. The Bertz CT molecular complexity index is 334. The summed E-state index contributed by atoms with van der Waals surface area (Å²) in [6.07, 6.45) is 0.360. The number of aliphatic hydroxyl groups excluding tert-OH is 1. The molecule has 1 rings (SSSR count). The van der Waals surface area contributed by atoms with Gasteiger partial charge in [-0.05, 0) is 32.4 Å². The van der Waals surface area contributed by atoms with Gasteiger partial charge in [0, 0.05) is 25.2 Å². The second-order valence-electron chi connectivity index (χ2n) is 4.12. The van der Waals surface area contributed by atoms with Crippen LogP contribution in [0.3, 0.4) is 0 Å². The first-order valence-electron chi connectivity index (χ1n) is 6.14. The summed E-state index contributed by atoms with van der Waals surface area (Å²) in [7, 11) is 0. The standard InChI is InChI=1S/C14H22O3/c1-4-16-8-5-9-17-14-10-11(2)6-7-13(14)12(3)15/h6-7,10,12,15H,4-5,8-9H2,1-3H3/t12-/m0/s1. The van der Waals surface area contributed by atoms with Crippen molar-refractivity contribution in [3.63, 3.8) is 0 Å². The van der Waals surface area contributed by atoms with Gasteiger partial charge in [-0.3, -0.25) is 0 Å². The number of aliphatic hydroxyl groups is 1. The lowest BCUT2D eigenvalue weighted by molar-refractivity contribution is 0.129. The van der Waals surface area contributed by atoms with E-state index < -0.39 is 6.10 Å². The van der Waals surface area contributed by atoms with E-state index in [0.717, 1.165) is 29.9 Å². The van der Waals surface area contributed by atoms with Crippen molar-refractivity contribution in [2.45, 2.75) is 33.3 Å². The van der Waals surface area contributed by atoms with Crippen molar-refractivity contribution in [2.24, 2.45) is 0 Å². The predicted molar refractivity (Wildman–Crippen MR) is 68.4 cm³/mol. The second-order valence-corrected chi connectivity index (χ2v) is 4.12. The highest BCUT2D eigenvalue weighted by Crippen LogP contribution is 2.26. The molecular weight excluding hydrogens is 216 g/mol. The summed E-state index contributed by atoms with van der Waals surface area (Å²) in [4.78, 5) is 0. The SMILES string of the molecule is CCOCCCOc1cc(C)ccc1[C@H](C)O. The zero-order valence-electron chi connectivity index (χ0n) is 10.9. The molecule has 0 aliphatic rings. The Kier molecular flexibility index (Phi) is 6.01. The molecule has 0 aliphatic heterocycles. The van der Waals surface area contributed by atoms with Crippen LogP contribution in [0.15, 0.2) is 18.2 Å². The van der Waals surface area contributed by atoms with Gasteiger partial charge in [0.25, 0.3) is 0 Å². The number of rotatable bonds is 7. The van der Waals surface area contributed by atoms with Gasteiger partial charge in [-0.1, -0.05) is 12.1 Å². The number of benzene rings is 1. The molecule has 17 heavy (non-hydrogen) atoms. The molecule has 1 aromatic rings. The van der Waals surface area contributed by atoms with Crippen LogP contribution >= 0.6 is 0 Å². The summed E-state index contributed by atoms with van der Waals surface area (Å²) in [5, 5.41) is 9.63. The van der Waals surface area contributed by atoms with Gasteiger partial charge < -0.3 is 14.6 Å². The molecule has 0 aliphatic carbocycles. The minimum atomic E-state index is -0.502. The Morgan fingerprint density at radius 3 is 2.71 bits per heavy atom. The summed E-state index contributed by atoms with van der Waals surface area (Å²) in [5.41, 5.74) is 1.97. The van der Waals surface area contributed by atoms with Crippen molar-refractivity contribution in [3.05, 3.63) is 29.3 Å². The topological polar surface area (TPSA) is 38.7 Å². The predicted octanol–water partition coefficient (Wildman–Crippen LogP) is 2.85. The lowest BCUT2D eigenvalue weighted by Crippen LogP contribution is -2.05. The first-order valence-corrected chi connectivity index (χ1v) is 6.14. The van der Waals surface area contributed by atoms with Gasteiger partial charge in [-0.15, -0.1) is 0 Å². The normalized spacial score (nSPS) is 12.5. The van der Waals surface area contributed by atoms with E-state index >= 15 is 0 Å². The average molecular weight is 238 g/mol. The van der Waals surface area contributed by atoms with Crippen molar-refractivity contribution in [1.29, 1.82) is 0 Å². The van der Waals surface area contributed by atoms with Gasteiger partial charge in [0.1, 0.15) is 5.75 Å². The summed E-state index contributed by atoms with van der Waals surface area (Å²) >= 11 is 0. The van der Waals surface area contributed by atoms with E-state index in [-0.39, 0.29) is 0 Å². The van der Waals surface area contributed by atoms with Crippen LogP contribution in [0.25, 0.3) is 0 Å². The third-order valence-electron chi connectivity index (χ3n) is 2.51. The van der Waals surface area contributed by atoms with Gasteiger partial charge in [0.05, 0.1) is 12.7 Å². The van der Waals surface area contributed by atoms with Crippen LogP contribution in [0.1, 0.15) is 37.5 Å². The molecule has 0 heterocycles. The lowest BCUT2D eigenvalue weighted by Gasteiger charge is -2.14. The van der Waals surface area contributed by atoms with Crippen LogP contribution in [0, 0.1) is 6.92 Å². The molecule has 0 radical (unpaired) electrons. The molecule has 3 heteroatoms. The number of hydrogen-bond donors (Lipinski definition) is 1. The summed E-state index contributed by atoms with van der Waals surface area (Å²) in [6, 6.07) is 5.86. The largest absolute Gasteiger partial charge is 0.493 e. The third-order valence-corrected chi connectivity index (χ3v) is 2.51. The molecule has 0 bridgehead atoms. The number of aryl methyl sites for hydroxylation is 1. The van der Waals surface area contributed by atoms with E-state index in [9.17, 15) is 5.11 Å². The smallest absolute Gasteiger partial charge is 0.125 e. The van der Waals surface area contributed by atoms with Crippen LogP contribution in [0.5, 0.6) is 5.75 Å². The van der Waals surface area contributed by atoms with Crippen molar-refractivity contribution < 1.29 is 14.6 Å². The van der Waals surface area contributed by atoms with Crippen molar-refractivity contribution in [3.8, 4) is 5.75 Å². The van der Waals surface area contributed by atoms with Crippen LogP contribution in [-0.4, -0.2) is 24.9 Å². The first kappa shape index (κ1) is 14.0. The van der Waals surface area contributed by atoms with Crippen LogP contribution in [0.2, 0.25) is 0 Å². The van der Waals surface area contributed by atoms with Crippen LogP contribution < -0.4 is 4.74 Å². The highest BCUT2D eigenvalue weighted by Gasteiger charge is 2.08. The molecule has 1 atom stereocenters. The average Bonchev–Trinajstić information content (AvgIpc) is 2.28. The maximum atomic E-state index is 9.63. The van der Waals surface area contributed by atoms with Crippen molar-refractivity contribution in [2.75, 3.05) is 19.8 Å². The van der Waals surface area contributed by atoms with E-state index in [2.05, 4.69) is 0 Å². The van der Waals surface area contributed by atoms with E-state index in [1.165, 1.54) is 0 Å². The Hall–Kier alpha value is -1.06. The summed E-state index contributed by atoms with van der Waals surface area (Å²) < 4.78 is 10.9. The van der Waals surface area contributed by atoms with Crippen LogP contribution in [0.4, 0.5) is 0 Å². The molecule has 0 saturated heterocycles. The van der Waals surface area contributed by atoms with Crippen LogP contribution in [-0.2, 0) is 4.74 Å². The Labute approximate surface area is 103 Å². The van der Waals surface area contributed by atoms with Gasteiger partial charge >= 0.3 is 0 Å². The number of ether oxygens (including phenoxy) is 2. The van der Waals surface area contributed by atoms with Gasteiger partial charge in [0.2, 0.25) is 0 Å². The Balaban J connectivity index is 2.53. The fourth-order valence-corrected chi connectivity index (χ4v) is 1.60. The van der Waals surface area contributed by atoms with E-state index in [1.807, 2.05) is 32.0 Å². The Morgan fingerprint density at radius 1 is 1.29 bits per heavy atom. The lowest BCUT2D eigenvalue weighted by atomic mass is 10.1. The second kappa shape index (κ2) is 7.30. The molecule has 0 spiro atoms. The zero-order chi connectivity index (χ0) is 12.7. The minimum Gasteiger partial charge on any atom is -0.493 e. The zero-order valence-corrected chi connectivity index (χ0v) is 10.9. The highest BCUT2D eigenvalue weighted by molar-refractivity contribution is 5.38. The molecule has 0 saturated carbocycles. The molecule has 0 amide bonds. The number of hydrogen-bond acceptors (Lipinski definition) is 3. The third kappa shape index (κ3) is 4.75. The Morgan fingerprint density at radius 2 is 2.06 bits per heavy atom. The fourth-order valence-electron chi connectivity index (χ4n) is 1.60. The summed E-state index contributed by atoms with van der Waals surface area (Å²) in [6.45, 7) is 7.81. The van der Waals surface area contributed by atoms with Gasteiger partial charge in [-0.2, -0.15) is 0 Å². The molecule has 96 valence electrons. The first-order chi connectivity index (χ1) is 8.15. The van der Waals surface area contributed by atoms with Gasteiger partial charge in [0.15, 0.2) is 0 Å². The molecule has 3 nitrogen and oxygen atoms in total. The molecule has 0 aromatic heterocycles. The monoisotopic (exact) mass is 238 g/mol. The molecular formula is C14H22O3. The molecule has 1 N–H and O–H groups in total. The van der Waals surface area contributed by atoms with E-state index in [4.69, 9.17) is 9.47 Å².